The maximum absolute atomic E-state index is 8.03. The quantitative estimate of drug-likeness (QED) is 0.358. The van der Waals surface area contributed by atoms with Crippen LogP contribution in [-0.2, 0) is 4.74 Å². The fourth-order valence-electron chi connectivity index (χ4n) is 0.564. The van der Waals surface area contributed by atoms with Crippen molar-refractivity contribution in [2.75, 3.05) is 6.61 Å². The van der Waals surface area contributed by atoms with Gasteiger partial charge in [-0.3, -0.25) is 0 Å². The van der Waals surface area contributed by atoms with Crippen LogP contribution in [0.2, 0.25) is 0 Å². The van der Waals surface area contributed by atoms with Gasteiger partial charge in [-0.2, -0.15) is 0 Å². The second kappa shape index (κ2) is 1.82. The van der Waals surface area contributed by atoms with Crippen LogP contribution in [0.15, 0.2) is 5.16 Å². The van der Waals surface area contributed by atoms with Crippen molar-refractivity contribution in [1.29, 1.82) is 0 Å². The lowest BCUT2D eigenvalue weighted by molar-refractivity contribution is 0.275. The van der Waals surface area contributed by atoms with Crippen LogP contribution in [0.4, 0.5) is 0 Å². The first-order valence-electron chi connectivity index (χ1n) is 2.27. The number of oxime groups is 1. The maximum Gasteiger partial charge on any atom is 0.225 e. The van der Waals surface area contributed by atoms with Crippen LogP contribution in [0.5, 0.6) is 0 Å². The van der Waals surface area contributed by atoms with Crippen molar-refractivity contribution < 1.29 is 9.94 Å². The predicted molar refractivity (Wildman–Crippen MR) is 24.4 cm³/mol. The van der Waals surface area contributed by atoms with Crippen LogP contribution in [0, 0.1) is 0 Å². The van der Waals surface area contributed by atoms with Crippen molar-refractivity contribution in [3.8, 4) is 0 Å². The summed E-state index contributed by atoms with van der Waals surface area (Å²) in [6.07, 6.45) is 1.77. The van der Waals surface area contributed by atoms with Gasteiger partial charge in [-0.25, -0.2) is 0 Å². The minimum Gasteiger partial charge on any atom is -0.479 e. The molecule has 0 unspecified atom stereocenters. The van der Waals surface area contributed by atoms with Crippen molar-refractivity contribution in [3.63, 3.8) is 0 Å². The van der Waals surface area contributed by atoms with E-state index < -0.39 is 0 Å². The lowest BCUT2D eigenvalue weighted by Crippen LogP contribution is -1.91. The molecular weight excluding hydrogens is 94.0 g/mol. The molecule has 3 heteroatoms. The SMILES string of the molecule is ON=C1CCCO1. The molecule has 0 atom stereocenters. The topological polar surface area (TPSA) is 41.8 Å². The monoisotopic (exact) mass is 101 g/mol. The van der Waals surface area contributed by atoms with Crippen molar-refractivity contribution in [3.05, 3.63) is 0 Å². The lowest BCUT2D eigenvalue weighted by Gasteiger charge is -1.87. The summed E-state index contributed by atoms with van der Waals surface area (Å²) in [5, 5.41) is 10.9. The van der Waals surface area contributed by atoms with Crippen molar-refractivity contribution in [2.45, 2.75) is 12.8 Å². The lowest BCUT2D eigenvalue weighted by atomic mass is 10.4. The molecule has 1 aliphatic heterocycles. The molecule has 1 saturated heterocycles. The zero-order chi connectivity index (χ0) is 5.11. The number of nitrogens with zero attached hydrogens (tertiary/aromatic N) is 1. The molecular formula is C4H7NO2. The minimum atomic E-state index is 0.472. The van der Waals surface area contributed by atoms with E-state index in [2.05, 4.69) is 5.16 Å². The Bertz CT molecular complexity index is 81.7. The molecule has 3 nitrogen and oxygen atoms in total. The summed E-state index contributed by atoms with van der Waals surface area (Å²) >= 11 is 0. The summed E-state index contributed by atoms with van der Waals surface area (Å²) in [7, 11) is 0. The van der Waals surface area contributed by atoms with Gasteiger partial charge in [0, 0.05) is 6.42 Å². The molecule has 0 aromatic carbocycles. The second-order valence-corrected chi connectivity index (χ2v) is 1.45. The highest BCUT2D eigenvalue weighted by molar-refractivity contribution is 5.76. The summed E-state index contributed by atoms with van der Waals surface area (Å²) in [4.78, 5) is 0. The normalized spacial score (nSPS) is 25.4. The summed E-state index contributed by atoms with van der Waals surface area (Å²) in [5.41, 5.74) is 0. The molecule has 0 saturated carbocycles. The standard InChI is InChI=1S/C4H7NO2/c6-5-4-2-1-3-7-4/h6H,1-3H2. The van der Waals surface area contributed by atoms with Gasteiger partial charge in [0.25, 0.3) is 0 Å². The third kappa shape index (κ3) is 0.824. The van der Waals surface area contributed by atoms with Gasteiger partial charge in [0.2, 0.25) is 5.90 Å². The molecule has 1 aliphatic rings. The first-order valence-corrected chi connectivity index (χ1v) is 2.27. The van der Waals surface area contributed by atoms with Crippen LogP contribution in [0.3, 0.4) is 0 Å². The zero-order valence-electron chi connectivity index (χ0n) is 3.92. The van der Waals surface area contributed by atoms with E-state index in [0.29, 0.717) is 12.5 Å². The number of hydrogen-bond acceptors (Lipinski definition) is 3. The van der Waals surface area contributed by atoms with Crippen LogP contribution in [-0.4, -0.2) is 17.7 Å². The summed E-state index contributed by atoms with van der Waals surface area (Å²) in [6.45, 7) is 0.708. The Balaban J connectivity index is 2.41. The fourth-order valence-corrected chi connectivity index (χ4v) is 0.564. The van der Waals surface area contributed by atoms with E-state index in [4.69, 9.17) is 9.94 Å². The molecule has 1 N–H and O–H groups in total. The third-order valence-corrected chi connectivity index (χ3v) is 0.915. The van der Waals surface area contributed by atoms with Crippen LogP contribution >= 0.6 is 0 Å². The molecule has 0 spiro atoms. The van der Waals surface area contributed by atoms with Crippen molar-refractivity contribution in [1.82, 2.24) is 0 Å². The smallest absolute Gasteiger partial charge is 0.225 e. The Labute approximate surface area is 41.6 Å². The molecule has 7 heavy (non-hydrogen) atoms. The minimum absolute atomic E-state index is 0.472. The van der Waals surface area contributed by atoms with Crippen molar-refractivity contribution in [2.24, 2.45) is 5.16 Å². The number of hydrogen-bond donors (Lipinski definition) is 1. The van der Waals surface area contributed by atoms with E-state index in [0.717, 1.165) is 12.8 Å². The van der Waals surface area contributed by atoms with E-state index in [-0.39, 0.29) is 0 Å². The van der Waals surface area contributed by atoms with Crippen molar-refractivity contribution >= 4 is 5.90 Å². The highest BCUT2D eigenvalue weighted by Crippen LogP contribution is 2.03. The van der Waals surface area contributed by atoms with E-state index in [1.807, 2.05) is 0 Å². The predicted octanol–water partition coefficient (Wildman–Crippen LogP) is 0.585. The highest BCUT2D eigenvalue weighted by Gasteiger charge is 2.07. The van der Waals surface area contributed by atoms with Gasteiger partial charge in [0.1, 0.15) is 0 Å². The Morgan fingerprint density at radius 3 is 2.86 bits per heavy atom. The average molecular weight is 101 g/mol. The number of rotatable bonds is 0. The van der Waals surface area contributed by atoms with Crippen LogP contribution in [0.25, 0.3) is 0 Å². The Morgan fingerprint density at radius 1 is 1.71 bits per heavy atom. The molecule has 0 bridgehead atoms. The van der Waals surface area contributed by atoms with E-state index in [1.54, 1.807) is 0 Å². The van der Waals surface area contributed by atoms with E-state index in [9.17, 15) is 0 Å². The highest BCUT2D eigenvalue weighted by atomic mass is 16.5. The van der Waals surface area contributed by atoms with Gasteiger partial charge in [-0.05, 0) is 6.42 Å². The van der Waals surface area contributed by atoms with E-state index in [1.165, 1.54) is 0 Å². The molecule has 0 aromatic heterocycles. The largest absolute Gasteiger partial charge is 0.479 e. The Morgan fingerprint density at radius 2 is 2.57 bits per heavy atom. The van der Waals surface area contributed by atoms with Gasteiger partial charge in [0.05, 0.1) is 6.61 Å². The fraction of sp³-hybridized carbons (Fsp3) is 0.750. The van der Waals surface area contributed by atoms with Crippen LogP contribution < -0.4 is 0 Å². The molecule has 0 aromatic rings. The third-order valence-electron chi connectivity index (χ3n) is 0.915. The molecule has 0 aliphatic carbocycles. The molecule has 1 heterocycles. The summed E-state index contributed by atoms with van der Waals surface area (Å²) < 4.78 is 4.80. The summed E-state index contributed by atoms with van der Waals surface area (Å²) in [6, 6.07) is 0. The van der Waals surface area contributed by atoms with Gasteiger partial charge < -0.3 is 9.94 Å². The Hall–Kier alpha value is -0.730. The van der Waals surface area contributed by atoms with Gasteiger partial charge >= 0.3 is 0 Å². The molecule has 1 rings (SSSR count). The molecule has 0 amide bonds. The number of ether oxygens (including phenoxy) is 1. The van der Waals surface area contributed by atoms with Gasteiger partial charge in [-0.1, -0.05) is 5.16 Å². The zero-order valence-corrected chi connectivity index (χ0v) is 3.92. The summed E-state index contributed by atoms with van der Waals surface area (Å²) in [5.74, 6) is 0.472. The van der Waals surface area contributed by atoms with Crippen LogP contribution in [0.1, 0.15) is 12.8 Å². The Kier molecular flexibility index (Phi) is 1.15. The molecule has 0 radical (unpaired) electrons. The average Bonchev–Trinajstić information content (AvgIpc) is 2.14. The van der Waals surface area contributed by atoms with E-state index >= 15 is 0 Å². The second-order valence-electron chi connectivity index (χ2n) is 1.45. The molecule has 1 fully saturated rings. The molecule has 40 valence electrons. The van der Waals surface area contributed by atoms with Gasteiger partial charge in [-0.15, -0.1) is 0 Å². The first-order chi connectivity index (χ1) is 3.43. The first kappa shape index (κ1) is 4.43. The maximum atomic E-state index is 8.03. The van der Waals surface area contributed by atoms with Gasteiger partial charge in [0.15, 0.2) is 0 Å².